The maximum absolute atomic E-state index is 4.65. The smallest absolute Gasteiger partial charge is 0.128 e. The fourth-order valence-corrected chi connectivity index (χ4v) is 3.20. The van der Waals surface area contributed by atoms with E-state index >= 15 is 0 Å². The van der Waals surface area contributed by atoms with Crippen LogP contribution in [0.1, 0.15) is 32.3 Å². The maximum Gasteiger partial charge on any atom is 0.128 e. The van der Waals surface area contributed by atoms with Gasteiger partial charge in [0, 0.05) is 51.0 Å². The molecule has 2 fully saturated rings. The first-order valence-corrected chi connectivity index (χ1v) is 7.89. The minimum Gasteiger partial charge on any atom is -0.357 e. The summed E-state index contributed by atoms with van der Waals surface area (Å²) in [7, 11) is 0. The largest absolute Gasteiger partial charge is 0.357 e. The SMILES string of the molecule is CC1CN(Cc2ccc(N3CCCC3)nc2)C(C)CN1. The highest BCUT2D eigenvalue weighted by Gasteiger charge is 2.22. The molecule has 3 rings (SSSR count). The van der Waals surface area contributed by atoms with Crippen molar-refractivity contribution >= 4 is 5.82 Å². The highest BCUT2D eigenvalue weighted by molar-refractivity contribution is 5.40. The van der Waals surface area contributed by atoms with Gasteiger partial charge in [0.05, 0.1) is 0 Å². The summed E-state index contributed by atoms with van der Waals surface area (Å²) in [6, 6.07) is 5.63. The Kier molecular flexibility index (Phi) is 4.22. The van der Waals surface area contributed by atoms with Gasteiger partial charge in [-0.3, -0.25) is 4.90 Å². The Labute approximate surface area is 122 Å². The zero-order valence-electron chi connectivity index (χ0n) is 12.7. The normalized spacial score (nSPS) is 28.0. The van der Waals surface area contributed by atoms with Crippen molar-refractivity contribution in [2.24, 2.45) is 0 Å². The standard InChI is InChI=1S/C16H26N4/c1-13-11-20(14(2)9-17-13)12-15-5-6-16(18-10-15)19-7-3-4-8-19/h5-6,10,13-14,17H,3-4,7-9,11-12H2,1-2H3. The van der Waals surface area contributed by atoms with E-state index in [1.165, 1.54) is 31.5 Å². The molecule has 1 N–H and O–H groups in total. The topological polar surface area (TPSA) is 31.4 Å². The molecule has 2 aliphatic heterocycles. The van der Waals surface area contributed by atoms with Gasteiger partial charge >= 0.3 is 0 Å². The predicted molar refractivity (Wildman–Crippen MR) is 83.0 cm³/mol. The Morgan fingerprint density at radius 3 is 2.75 bits per heavy atom. The molecule has 0 bridgehead atoms. The van der Waals surface area contributed by atoms with Crippen LogP contribution in [0.2, 0.25) is 0 Å². The Morgan fingerprint density at radius 1 is 1.25 bits per heavy atom. The highest BCUT2D eigenvalue weighted by Crippen LogP contribution is 2.19. The van der Waals surface area contributed by atoms with Gasteiger partial charge in [-0.05, 0) is 38.3 Å². The molecule has 20 heavy (non-hydrogen) atoms. The second-order valence-electron chi connectivity index (χ2n) is 6.31. The molecule has 0 aromatic carbocycles. The summed E-state index contributed by atoms with van der Waals surface area (Å²) in [5.41, 5.74) is 1.33. The van der Waals surface area contributed by atoms with Crippen LogP contribution in [0.25, 0.3) is 0 Å². The molecular weight excluding hydrogens is 248 g/mol. The Bertz CT molecular complexity index is 425. The van der Waals surface area contributed by atoms with Crippen LogP contribution in [0, 0.1) is 0 Å². The lowest BCUT2D eigenvalue weighted by molar-refractivity contribution is 0.138. The summed E-state index contributed by atoms with van der Waals surface area (Å²) in [6.45, 7) is 10.1. The van der Waals surface area contributed by atoms with Gasteiger partial charge in [-0.15, -0.1) is 0 Å². The van der Waals surface area contributed by atoms with Gasteiger partial charge in [0.25, 0.3) is 0 Å². The molecule has 0 radical (unpaired) electrons. The number of rotatable bonds is 3. The lowest BCUT2D eigenvalue weighted by atomic mass is 10.1. The van der Waals surface area contributed by atoms with Gasteiger partial charge < -0.3 is 10.2 Å². The van der Waals surface area contributed by atoms with Crippen LogP contribution in [0.15, 0.2) is 18.3 Å². The Balaban J connectivity index is 1.62. The molecule has 1 aromatic rings. The lowest BCUT2D eigenvalue weighted by Crippen LogP contribution is -2.53. The predicted octanol–water partition coefficient (Wildman–Crippen LogP) is 1.86. The van der Waals surface area contributed by atoms with E-state index in [0.29, 0.717) is 12.1 Å². The number of nitrogens with one attached hydrogen (secondary N) is 1. The monoisotopic (exact) mass is 274 g/mol. The molecule has 110 valence electrons. The summed E-state index contributed by atoms with van der Waals surface area (Å²) in [5.74, 6) is 1.15. The number of hydrogen-bond acceptors (Lipinski definition) is 4. The summed E-state index contributed by atoms with van der Waals surface area (Å²) >= 11 is 0. The average molecular weight is 274 g/mol. The molecule has 3 heterocycles. The zero-order chi connectivity index (χ0) is 13.9. The van der Waals surface area contributed by atoms with Gasteiger partial charge in [-0.25, -0.2) is 4.98 Å². The molecule has 0 spiro atoms. The lowest BCUT2D eigenvalue weighted by Gasteiger charge is -2.37. The average Bonchev–Trinajstić information content (AvgIpc) is 2.98. The number of piperazine rings is 1. The third-order valence-corrected chi connectivity index (χ3v) is 4.52. The van der Waals surface area contributed by atoms with Crippen molar-refractivity contribution in [3.8, 4) is 0 Å². The molecule has 2 aliphatic rings. The van der Waals surface area contributed by atoms with Crippen LogP contribution >= 0.6 is 0 Å². The van der Waals surface area contributed by atoms with E-state index in [-0.39, 0.29) is 0 Å². The van der Waals surface area contributed by atoms with E-state index in [9.17, 15) is 0 Å². The van der Waals surface area contributed by atoms with Gasteiger partial charge in [0.2, 0.25) is 0 Å². The minimum atomic E-state index is 0.586. The molecule has 0 amide bonds. The number of anilines is 1. The molecule has 4 heteroatoms. The van der Waals surface area contributed by atoms with Crippen LogP contribution in [-0.2, 0) is 6.54 Å². The van der Waals surface area contributed by atoms with Gasteiger partial charge in [-0.1, -0.05) is 6.07 Å². The first kappa shape index (κ1) is 13.8. The second-order valence-corrected chi connectivity index (χ2v) is 6.31. The number of hydrogen-bond donors (Lipinski definition) is 1. The van der Waals surface area contributed by atoms with Gasteiger partial charge in [0.15, 0.2) is 0 Å². The van der Waals surface area contributed by atoms with E-state index in [1.54, 1.807) is 0 Å². The third-order valence-electron chi connectivity index (χ3n) is 4.52. The van der Waals surface area contributed by atoms with Crippen LogP contribution in [0.3, 0.4) is 0 Å². The van der Waals surface area contributed by atoms with Crippen molar-refractivity contribution in [3.05, 3.63) is 23.9 Å². The van der Waals surface area contributed by atoms with Crippen LogP contribution in [-0.4, -0.2) is 48.1 Å². The van der Waals surface area contributed by atoms with Gasteiger partial charge in [-0.2, -0.15) is 0 Å². The number of pyridine rings is 1. The zero-order valence-corrected chi connectivity index (χ0v) is 12.7. The fraction of sp³-hybridized carbons (Fsp3) is 0.688. The van der Waals surface area contributed by atoms with E-state index in [0.717, 1.165) is 25.5 Å². The number of nitrogens with zero attached hydrogens (tertiary/aromatic N) is 3. The van der Waals surface area contributed by atoms with Crippen molar-refractivity contribution in [2.75, 3.05) is 31.1 Å². The second kappa shape index (κ2) is 6.10. The van der Waals surface area contributed by atoms with Crippen molar-refractivity contribution in [3.63, 3.8) is 0 Å². The summed E-state index contributed by atoms with van der Waals surface area (Å²) < 4.78 is 0. The molecule has 2 atom stereocenters. The fourth-order valence-electron chi connectivity index (χ4n) is 3.20. The Hall–Kier alpha value is -1.13. The molecule has 4 nitrogen and oxygen atoms in total. The third kappa shape index (κ3) is 3.13. The van der Waals surface area contributed by atoms with Crippen molar-refractivity contribution in [1.82, 2.24) is 15.2 Å². The first-order valence-electron chi connectivity index (χ1n) is 7.89. The molecule has 2 saturated heterocycles. The molecule has 0 saturated carbocycles. The van der Waals surface area contributed by atoms with E-state index in [2.05, 4.69) is 52.3 Å². The summed E-state index contributed by atoms with van der Waals surface area (Å²) in [6.07, 6.45) is 4.67. The maximum atomic E-state index is 4.65. The quantitative estimate of drug-likeness (QED) is 0.912. The summed E-state index contributed by atoms with van der Waals surface area (Å²) in [4.78, 5) is 9.59. The minimum absolute atomic E-state index is 0.586. The molecular formula is C16H26N4. The van der Waals surface area contributed by atoms with Crippen LogP contribution in [0.5, 0.6) is 0 Å². The van der Waals surface area contributed by atoms with Crippen LogP contribution in [0.4, 0.5) is 5.82 Å². The number of aromatic nitrogens is 1. The molecule has 0 aliphatic carbocycles. The van der Waals surface area contributed by atoms with Gasteiger partial charge in [0.1, 0.15) is 5.82 Å². The summed E-state index contributed by atoms with van der Waals surface area (Å²) in [5, 5.41) is 3.53. The van der Waals surface area contributed by atoms with Crippen molar-refractivity contribution in [1.29, 1.82) is 0 Å². The molecule has 2 unspecified atom stereocenters. The Morgan fingerprint density at radius 2 is 2.05 bits per heavy atom. The van der Waals surface area contributed by atoms with Crippen molar-refractivity contribution < 1.29 is 0 Å². The highest BCUT2D eigenvalue weighted by atomic mass is 15.2. The van der Waals surface area contributed by atoms with Crippen molar-refractivity contribution in [2.45, 2.75) is 45.3 Å². The van der Waals surface area contributed by atoms with E-state index in [1.807, 2.05) is 0 Å². The van der Waals surface area contributed by atoms with E-state index < -0.39 is 0 Å². The molecule has 1 aromatic heterocycles. The van der Waals surface area contributed by atoms with Crippen LogP contribution < -0.4 is 10.2 Å². The van der Waals surface area contributed by atoms with E-state index in [4.69, 9.17) is 0 Å². The first-order chi connectivity index (χ1) is 9.72.